The Labute approximate surface area is 75.8 Å². The van der Waals surface area contributed by atoms with E-state index in [2.05, 4.69) is 13.5 Å². The molecule has 1 nitrogen and oxygen atoms in total. The fourth-order valence-electron chi connectivity index (χ4n) is 1.73. The number of allylic oxidation sites excluding steroid dienone is 1. The van der Waals surface area contributed by atoms with Gasteiger partial charge in [-0.25, -0.2) is 0 Å². The number of ether oxygens (including phenoxy) is 1. The second kappa shape index (κ2) is 5.23. The lowest BCUT2D eigenvalue weighted by Gasteiger charge is -2.07. The average molecular weight is 168 g/mol. The van der Waals surface area contributed by atoms with Gasteiger partial charge in [0.1, 0.15) is 0 Å². The largest absolute Gasteiger partial charge is 0.498 e. The molecule has 0 aromatic carbocycles. The Morgan fingerprint density at radius 2 is 2.25 bits per heavy atom. The molecule has 0 saturated carbocycles. The van der Waals surface area contributed by atoms with Gasteiger partial charge in [0.2, 0.25) is 0 Å². The molecule has 1 heteroatoms. The predicted octanol–water partition coefficient (Wildman–Crippen LogP) is 3.51. The van der Waals surface area contributed by atoms with Crippen LogP contribution in [0.15, 0.2) is 12.3 Å². The van der Waals surface area contributed by atoms with Crippen molar-refractivity contribution in [3.05, 3.63) is 12.3 Å². The van der Waals surface area contributed by atoms with E-state index in [0.717, 1.165) is 12.4 Å². The van der Waals surface area contributed by atoms with Crippen LogP contribution in [0.5, 0.6) is 0 Å². The molecule has 70 valence electrons. The summed E-state index contributed by atoms with van der Waals surface area (Å²) in [7, 11) is 0. The molecule has 0 bridgehead atoms. The van der Waals surface area contributed by atoms with Crippen LogP contribution >= 0.6 is 0 Å². The number of unbranched alkanes of at least 4 members (excludes halogenated alkanes) is 3. The molecule has 0 amide bonds. The van der Waals surface area contributed by atoms with Gasteiger partial charge in [0, 0.05) is 5.92 Å². The minimum Gasteiger partial charge on any atom is -0.498 e. The molecule has 1 aliphatic heterocycles. The van der Waals surface area contributed by atoms with Gasteiger partial charge >= 0.3 is 0 Å². The van der Waals surface area contributed by atoms with Crippen molar-refractivity contribution in [3.63, 3.8) is 0 Å². The first-order valence-electron chi connectivity index (χ1n) is 5.16. The Bertz CT molecular complexity index is 140. The number of hydrogen-bond acceptors (Lipinski definition) is 1. The van der Waals surface area contributed by atoms with E-state index < -0.39 is 0 Å². The zero-order valence-electron chi connectivity index (χ0n) is 8.14. The maximum Gasteiger partial charge on any atom is 0.0920 e. The van der Waals surface area contributed by atoms with Gasteiger partial charge < -0.3 is 4.74 Å². The van der Waals surface area contributed by atoms with Crippen LogP contribution in [0.4, 0.5) is 0 Å². The van der Waals surface area contributed by atoms with E-state index in [1.54, 1.807) is 0 Å². The van der Waals surface area contributed by atoms with Crippen molar-refractivity contribution in [2.24, 2.45) is 5.92 Å². The maximum atomic E-state index is 5.33. The van der Waals surface area contributed by atoms with Crippen LogP contribution < -0.4 is 0 Å². The third-order valence-electron chi connectivity index (χ3n) is 2.62. The molecule has 1 saturated heterocycles. The summed E-state index contributed by atoms with van der Waals surface area (Å²) in [6.07, 6.45) is 7.91. The zero-order valence-corrected chi connectivity index (χ0v) is 8.14. The first-order chi connectivity index (χ1) is 5.84. The van der Waals surface area contributed by atoms with Crippen molar-refractivity contribution in [2.45, 2.75) is 45.4 Å². The van der Waals surface area contributed by atoms with Crippen molar-refractivity contribution < 1.29 is 4.74 Å². The fourth-order valence-corrected chi connectivity index (χ4v) is 1.73. The quantitative estimate of drug-likeness (QED) is 0.571. The van der Waals surface area contributed by atoms with Crippen LogP contribution in [0.25, 0.3) is 0 Å². The summed E-state index contributed by atoms with van der Waals surface area (Å²) in [5, 5.41) is 0. The molecule has 1 unspecified atom stereocenters. The van der Waals surface area contributed by atoms with Crippen LogP contribution in [0.1, 0.15) is 45.4 Å². The third-order valence-corrected chi connectivity index (χ3v) is 2.62. The van der Waals surface area contributed by atoms with Crippen molar-refractivity contribution in [1.82, 2.24) is 0 Å². The van der Waals surface area contributed by atoms with E-state index in [1.165, 1.54) is 38.5 Å². The number of rotatable bonds is 5. The molecule has 1 rings (SSSR count). The summed E-state index contributed by atoms with van der Waals surface area (Å²) in [6.45, 7) is 7.06. The highest BCUT2D eigenvalue weighted by molar-refractivity contribution is 4.95. The second-order valence-electron chi connectivity index (χ2n) is 3.65. The summed E-state index contributed by atoms with van der Waals surface area (Å²) in [5.74, 6) is 1.70. The first kappa shape index (κ1) is 9.63. The topological polar surface area (TPSA) is 9.23 Å². The molecule has 0 aromatic rings. The van der Waals surface area contributed by atoms with E-state index >= 15 is 0 Å². The Balaban J connectivity index is 2.02. The van der Waals surface area contributed by atoms with E-state index in [9.17, 15) is 0 Å². The van der Waals surface area contributed by atoms with Gasteiger partial charge in [-0.1, -0.05) is 39.2 Å². The lowest BCUT2D eigenvalue weighted by atomic mass is 9.98. The summed E-state index contributed by atoms with van der Waals surface area (Å²) in [6, 6.07) is 0. The SMILES string of the molecule is C=C1OCCC1CCCCCC. The van der Waals surface area contributed by atoms with Crippen molar-refractivity contribution in [3.8, 4) is 0 Å². The molecule has 0 aliphatic carbocycles. The zero-order chi connectivity index (χ0) is 8.81. The normalized spacial score (nSPS) is 22.8. The fraction of sp³-hybridized carbons (Fsp3) is 0.818. The molecular weight excluding hydrogens is 148 g/mol. The maximum absolute atomic E-state index is 5.33. The first-order valence-corrected chi connectivity index (χ1v) is 5.16. The Kier molecular flexibility index (Phi) is 4.20. The summed E-state index contributed by atoms with van der Waals surface area (Å²) >= 11 is 0. The minimum absolute atomic E-state index is 0.668. The van der Waals surface area contributed by atoms with Crippen LogP contribution in [0, 0.1) is 5.92 Å². The highest BCUT2D eigenvalue weighted by Gasteiger charge is 2.19. The average Bonchev–Trinajstić information content (AvgIpc) is 2.46. The van der Waals surface area contributed by atoms with Gasteiger partial charge in [-0.15, -0.1) is 0 Å². The van der Waals surface area contributed by atoms with E-state index in [-0.39, 0.29) is 0 Å². The molecule has 12 heavy (non-hydrogen) atoms. The van der Waals surface area contributed by atoms with Gasteiger partial charge in [0.25, 0.3) is 0 Å². The molecule has 1 atom stereocenters. The van der Waals surface area contributed by atoms with Crippen LogP contribution in [0.2, 0.25) is 0 Å². The van der Waals surface area contributed by atoms with Crippen LogP contribution in [-0.4, -0.2) is 6.61 Å². The van der Waals surface area contributed by atoms with E-state index in [1.807, 2.05) is 0 Å². The van der Waals surface area contributed by atoms with Gasteiger partial charge in [-0.2, -0.15) is 0 Å². The molecule has 0 spiro atoms. The highest BCUT2D eigenvalue weighted by Crippen LogP contribution is 2.27. The summed E-state index contributed by atoms with van der Waals surface area (Å²) in [4.78, 5) is 0. The third kappa shape index (κ3) is 2.88. The molecule has 0 radical (unpaired) electrons. The smallest absolute Gasteiger partial charge is 0.0920 e. The summed E-state index contributed by atoms with van der Waals surface area (Å²) < 4.78 is 5.33. The monoisotopic (exact) mass is 168 g/mol. The van der Waals surface area contributed by atoms with Crippen LogP contribution in [0.3, 0.4) is 0 Å². The molecule has 1 heterocycles. The molecule has 0 N–H and O–H groups in total. The number of hydrogen-bond donors (Lipinski definition) is 0. The van der Waals surface area contributed by atoms with Crippen molar-refractivity contribution in [1.29, 1.82) is 0 Å². The lowest BCUT2D eigenvalue weighted by Crippen LogP contribution is -1.95. The predicted molar refractivity (Wildman–Crippen MR) is 52.0 cm³/mol. The molecule has 1 aliphatic rings. The Hall–Kier alpha value is -0.460. The minimum atomic E-state index is 0.668. The van der Waals surface area contributed by atoms with E-state index in [4.69, 9.17) is 4.74 Å². The standard InChI is InChI=1S/C11H20O/c1-3-4-5-6-7-11-8-9-12-10(11)2/h11H,2-9H2,1H3. The molecule has 1 fully saturated rings. The van der Waals surface area contributed by atoms with Gasteiger partial charge in [0.05, 0.1) is 12.4 Å². The van der Waals surface area contributed by atoms with Crippen molar-refractivity contribution >= 4 is 0 Å². The molecular formula is C11H20O. The van der Waals surface area contributed by atoms with Crippen LogP contribution in [-0.2, 0) is 4.74 Å². The van der Waals surface area contributed by atoms with Gasteiger partial charge in [0.15, 0.2) is 0 Å². The Morgan fingerprint density at radius 1 is 1.42 bits per heavy atom. The summed E-state index contributed by atoms with van der Waals surface area (Å²) in [5.41, 5.74) is 0. The Morgan fingerprint density at radius 3 is 2.83 bits per heavy atom. The van der Waals surface area contributed by atoms with Gasteiger partial charge in [-0.05, 0) is 12.8 Å². The van der Waals surface area contributed by atoms with Crippen molar-refractivity contribution in [2.75, 3.05) is 6.61 Å². The lowest BCUT2D eigenvalue weighted by molar-refractivity contribution is 0.259. The molecule has 0 aromatic heterocycles. The van der Waals surface area contributed by atoms with E-state index in [0.29, 0.717) is 5.92 Å². The second-order valence-corrected chi connectivity index (χ2v) is 3.65. The highest BCUT2D eigenvalue weighted by atomic mass is 16.5. The van der Waals surface area contributed by atoms with Gasteiger partial charge in [-0.3, -0.25) is 0 Å².